The lowest BCUT2D eigenvalue weighted by Crippen LogP contribution is -2.60. The van der Waals surface area contributed by atoms with E-state index in [0.29, 0.717) is 13.1 Å². The molecule has 7 N–H and O–H groups in total. The van der Waals surface area contributed by atoms with Gasteiger partial charge in [-0.3, -0.25) is 24.0 Å². The molecular weight excluding hydrogens is 588 g/mol. The van der Waals surface area contributed by atoms with Gasteiger partial charge in [-0.05, 0) is 37.5 Å². The van der Waals surface area contributed by atoms with Crippen molar-refractivity contribution in [3.8, 4) is 0 Å². The Morgan fingerprint density at radius 1 is 0.644 bits per heavy atom. The van der Waals surface area contributed by atoms with E-state index >= 15 is 0 Å². The Balaban J connectivity index is 3.22. The number of hydrogen-bond acceptors (Lipinski definition) is 7. The Labute approximate surface area is 265 Å². The van der Waals surface area contributed by atoms with Crippen molar-refractivity contribution in [3.05, 3.63) is 0 Å². The summed E-state index contributed by atoms with van der Waals surface area (Å²) in [5.41, 5.74) is 0. The van der Waals surface area contributed by atoms with E-state index in [1.54, 1.807) is 32.6 Å². The van der Waals surface area contributed by atoms with E-state index in [-0.39, 0.29) is 6.04 Å². The number of carboxylic acids is 2. The van der Waals surface area contributed by atoms with E-state index in [1.807, 2.05) is 13.8 Å². The molecule has 1 fully saturated rings. The number of rotatable bonds is 19. The van der Waals surface area contributed by atoms with Crippen molar-refractivity contribution in [1.29, 1.82) is 0 Å². The third kappa shape index (κ3) is 13.7. The van der Waals surface area contributed by atoms with Crippen LogP contribution in [-0.4, -0.2) is 100 Å². The average Bonchev–Trinajstić information content (AvgIpc) is 3.48. The molecule has 1 rings (SSSR count). The minimum atomic E-state index is -1.70. The highest BCUT2D eigenvalue weighted by Crippen LogP contribution is 2.12. The summed E-state index contributed by atoms with van der Waals surface area (Å²) < 4.78 is 0. The predicted octanol–water partition coefficient (Wildman–Crippen LogP) is 0.961. The molecule has 4 atom stereocenters. The van der Waals surface area contributed by atoms with Crippen LogP contribution in [0.15, 0.2) is 0 Å². The van der Waals surface area contributed by atoms with Gasteiger partial charge < -0.3 is 41.7 Å². The van der Waals surface area contributed by atoms with Crippen LogP contribution in [0.2, 0.25) is 0 Å². The molecule has 1 aliphatic heterocycles. The maximum atomic E-state index is 13.5. The fourth-order valence-corrected chi connectivity index (χ4v) is 5.05. The van der Waals surface area contributed by atoms with Gasteiger partial charge in [0.05, 0.1) is 12.8 Å². The van der Waals surface area contributed by atoms with E-state index in [0.717, 1.165) is 38.5 Å². The molecule has 0 spiro atoms. The van der Waals surface area contributed by atoms with Crippen LogP contribution in [0.25, 0.3) is 0 Å². The highest BCUT2D eigenvalue weighted by molar-refractivity contribution is 5.98. The van der Waals surface area contributed by atoms with Crippen LogP contribution in [0.1, 0.15) is 92.9 Å². The first-order valence-electron chi connectivity index (χ1n) is 15.8. The SMILES string of the molecule is CCCC(CCC)NC(=O)N[C@H](C(=O)N[C@@H](CC(=O)N1CCCC1)C(=O)N[C@@H](CC(=O)O)C(=O)N[C@H](C(=O)O)C(C)C)C(C)C. The summed E-state index contributed by atoms with van der Waals surface area (Å²) in [6.45, 7) is 11.4. The summed E-state index contributed by atoms with van der Waals surface area (Å²) in [5, 5.41) is 31.4. The Hall–Kier alpha value is -3.91. The van der Waals surface area contributed by atoms with Gasteiger partial charge in [0, 0.05) is 19.1 Å². The van der Waals surface area contributed by atoms with Gasteiger partial charge in [0.2, 0.25) is 23.6 Å². The highest BCUT2D eigenvalue weighted by Gasteiger charge is 2.35. The van der Waals surface area contributed by atoms with Crippen molar-refractivity contribution in [2.24, 2.45) is 11.8 Å². The molecule has 256 valence electrons. The second-order valence-corrected chi connectivity index (χ2v) is 12.2. The van der Waals surface area contributed by atoms with Gasteiger partial charge in [-0.25, -0.2) is 9.59 Å². The topological polar surface area (TPSA) is 223 Å². The number of urea groups is 1. The minimum Gasteiger partial charge on any atom is -0.481 e. The molecule has 1 aliphatic rings. The fraction of sp³-hybridized carbons (Fsp3) is 0.767. The van der Waals surface area contributed by atoms with E-state index in [9.17, 15) is 43.8 Å². The zero-order valence-corrected chi connectivity index (χ0v) is 27.3. The number of carbonyl (C=O) groups excluding carboxylic acids is 5. The summed E-state index contributed by atoms with van der Waals surface area (Å²) in [7, 11) is 0. The van der Waals surface area contributed by atoms with E-state index in [4.69, 9.17) is 0 Å². The van der Waals surface area contributed by atoms with Crippen molar-refractivity contribution >= 4 is 41.6 Å². The first-order chi connectivity index (χ1) is 21.1. The predicted molar refractivity (Wildman–Crippen MR) is 165 cm³/mol. The zero-order chi connectivity index (χ0) is 34.3. The van der Waals surface area contributed by atoms with Gasteiger partial charge in [-0.2, -0.15) is 0 Å². The lowest BCUT2D eigenvalue weighted by Gasteiger charge is -2.28. The number of hydrogen-bond donors (Lipinski definition) is 7. The van der Waals surface area contributed by atoms with Crippen LogP contribution in [0.3, 0.4) is 0 Å². The number of amides is 6. The number of nitrogens with one attached hydrogen (secondary N) is 5. The van der Waals surface area contributed by atoms with Crippen LogP contribution in [0, 0.1) is 11.8 Å². The monoisotopic (exact) mass is 640 g/mol. The molecule has 0 aromatic heterocycles. The molecule has 45 heavy (non-hydrogen) atoms. The third-order valence-electron chi connectivity index (χ3n) is 7.56. The first kappa shape index (κ1) is 39.1. The number of aliphatic carboxylic acids is 2. The lowest BCUT2D eigenvalue weighted by atomic mass is 10.0. The molecule has 0 bridgehead atoms. The van der Waals surface area contributed by atoms with Crippen molar-refractivity contribution < 1.29 is 43.8 Å². The maximum Gasteiger partial charge on any atom is 0.326 e. The van der Waals surface area contributed by atoms with Gasteiger partial charge in [0.25, 0.3) is 0 Å². The summed E-state index contributed by atoms with van der Waals surface area (Å²) in [4.78, 5) is 90.5. The molecule has 15 nitrogen and oxygen atoms in total. The fourth-order valence-electron chi connectivity index (χ4n) is 5.05. The minimum absolute atomic E-state index is 0.0822. The van der Waals surface area contributed by atoms with Crippen LogP contribution in [0.5, 0.6) is 0 Å². The number of carboxylic acid groups (broad SMARTS) is 2. The second-order valence-electron chi connectivity index (χ2n) is 12.2. The third-order valence-corrected chi connectivity index (χ3v) is 7.56. The Morgan fingerprint density at radius 2 is 1.13 bits per heavy atom. The molecular formula is C30H52N6O9. The van der Waals surface area contributed by atoms with Crippen molar-refractivity contribution in [2.75, 3.05) is 13.1 Å². The Kier molecular flexibility index (Phi) is 16.9. The molecule has 15 heteroatoms. The molecule has 0 unspecified atom stereocenters. The quantitative estimate of drug-likeness (QED) is 0.107. The van der Waals surface area contributed by atoms with Crippen LogP contribution in [0.4, 0.5) is 4.79 Å². The summed E-state index contributed by atoms with van der Waals surface area (Å²) in [6, 6.07) is -6.30. The van der Waals surface area contributed by atoms with Crippen LogP contribution < -0.4 is 26.6 Å². The van der Waals surface area contributed by atoms with E-state index in [2.05, 4.69) is 26.6 Å². The smallest absolute Gasteiger partial charge is 0.326 e. The molecule has 1 heterocycles. The number of nitrogens with zero attached hydrogens (tertiary/aromatic N) is 1. The molecule has 0 aliphatic carbocycles. The van der Waals surface area contributed by atoms with Gasteiger partial charge in [0.15, 0.2) is 0 Å². The Morgan fingerprint density at radius 3 is 1.60 bits per heavy atom. The highest BCUT2D eigenvalue weighted by atomic mass is 16.4. The lowest BCUT2D eigenvalue weighted by molar-refractivity contribution is -0.145. The molecule has 1 saturated heterocycles. The summed E-state index contributed by atoms with van der Waals surface area (Å²) in [5.74, 6) is -6.98. The summed E-state index contributed by atoms with van der Waals surface area (Å²) in [6.07, 6.45) is 3.44. The number of carbonyl (C=O) groups is 7. The van der Waals surface area contributed by atoms with Gasteiger partial charge in [-0.15, -0.1) is 0 Å². The number of likely N-dealkylation sites (tertiary alicyclic amines) is 1. The van der Waals surface area contributed by atoms with Gasteiger partial charge in [-0.1, -0.05) is 54.4 Å². The molecule has 6 amide bonds. The largest absolute Gasteiger partial charge is 0.481 e. The first-order valence-corrected chi connectivity index (χ1v) is 15.8. The van der Waals surface area contributed by atoms with Crippen molar-refractivity contribution in [3.63, 3.8) is 0 Å². The normalized spacial score (nSPS) is 15.6. The second kappa shape index (κ2) is 19.5. The van der Waals surface area contributed by atoms with Gasteiger partial charge in [0.1, 0.15) is 24.2 Å². The molecule has 0 aromatic rings. The Bertz CT molecular complexity index is 1040. The van der Waals surface area contributed by atoms with E-state index < -0.39 is 90.4 Å². The zero-order valence-electron chi connectivity index (χ0n) is 27.3. The van der Waals surface area contributed by atoms with Crippen molar-refractivity contribution in [1.82, 2.24) is 31.5 Å². The summed E-state index contributed by atoms with van der Waals surface area (Å²) >= 11 is 0. The molecule has 0 aromatic carbocycles. The molecule has 0 radical (unpaired) electrons. The molecule has 0 saturated carbocycles. The average molecular weight is 641 g/mol. The van der Waals surface area contributed by atoms with Gasteiger partial charge >= 0.3 is 18.0 Å². The maximum absolute atomic E-state index is 13.5. The van der Waals surface area contributed by atoms with Crippen LogP contribution >= 0.6 is 0 Å². The van der Waals surface area contributed by atoms with E-state index in [1.165, 1.54) is 0 Å². The standard InChI is InChI=1S/C30H52N6O9/c1-7-11-19(12-8-2)31-30(45)35-24(17(3)4)28(42)33-20(15-22(37)36-13-9-10-14-36)26(40)32-21(16-23(38)39)27(41)34-25(18(5)6)29(43)44/h17-21,24-25H,7-16H2,1-6H3,(H,32,40)(H,33,42)(H,34,41)(H,38,39)(H,43,44)(H2,31,35,45)/t20-,21-,24-,25-/m0/s1. The van der Waals surface area contributed by atoms with Crippen molar-refractivity contribution in [2.45, 2.75) is 123 Å². The van der Waals surface area contributed by atoms with Crippen LogP contribution in [-0.2, 0) is 28.8 Å².